The molecule has 0 aromatic heterocycles. The third-order valence-electron chi connectivity index (χ3n) is 2.70. The number of carbonyl (C=O) groups excluding carboxylic acids is 1. The van der Waals surface area contributed by atoms with Gasteiger partial charge < -0.3 is 10.4 Å². The van der Waals surface area contributed by atoms with Crippen molar-refractivity contribution >= 4 is 35.2 Å². The van der Waals surface area contributed by atoms with Gasteiger partial charge in [0.05, 0.1) is 10.6 Å². The van der Waals surface area contributed by atoms with Crippen LogP contribution in [-0.4, -0.2) is 28.8 Å². The molecule has 1 heterocycles. The maximum Gasteiger partial charge on any atom is 0.337 e. The quantitative estimate of drug-likeness (QED) is 0.834. The van der Waals surface area contributed by atoms with Crippen LogP contribution in [0.4, 0.5) is 0 Å². The third-order valence-corrected chi connectivity index (χ3v) is 4.19. The van der Waals surface area contributed by atoms with E-state index in [1.165, 1.54) is 11.8 Å². The molecule has 1 atom stereocenters. The van der Waals surface area contributed by atoms with E-state index in [0.29, 0.717) is 6.42 Å². The molecular weight excluding hydrogens is 274 g/mol. The average Bonchev–Trinajstić information content (AvgIpc) is 2.74. The van der Waals surface area contributed by atoms with Gasteiger partial charge in [0.1, 0.15) is 0 Å². The zero-order valence-electron chi connectivity index (χ0n) is 9.48. The molecule has 0 spiro atoms. The van der Waals surface area contributed by atoms with Crippen LogP contribution >= 0.6 is 23.4 Å². The van der Waals surface area contributed by atoms with E-state index >= 15 is 0 Å². The fraction of sp³-hybridized carbons (Fsp3) is 0.333. The summed E-state index contributed by atoms with van der Waals surface area (Å²) in [6, 6.07) is 5.11. The Kier molecular flexibility index (Phi) is 4.14. The zero-order valence-corrected chi connectivity index (χ0v) is 11.1. The minimum Gasteiger partial charge on any atom is -0.478 e. The molecular formula is C12H12ClNO3S. The molecule has 1 fully saturated rings. The average molecular weight is 286 g/mol. The summed E-state index contributed by atoms with van der Waals surface area (Å²) in [5.41, 5.74) is 0.108. The summed E-state index contributed by atoms with van der Waals surface area (Å²) in [5, 5.41) is 12.1. The van der Waals surface area contributed by atoms with Gasteiger partial charge in [0, 0.05) is 23.1 Å². The topological polar surface area (TPSA) is 66.4 Å². The largest absolute Gasteiger partial charge is 0.478 e. The van der Waals surface area contributed by atoms with Crippen molar-refractivity contribution in [2.24, 2.45) is 0 Å². The molecule has 0 radical (unpaired) electrons. The lowest BCUT2D eigenvalue weighted by molar-refractivity contribution is -0.119. The summed E-state index contributed by atoms with van der Waals surface area (Å²) < 4.78 is 0. The van der Waals surface area contributed by atoms with E-state index < -0.39 is 5.97 Å². The molecule has 0 saturated carbocycles. The van der Waals surface area contributed by atoms with Gasteiger partial charge in [0.2, 0.25) is 5.91 Å². The van der Waals surface area contributed by atoms with Crippen LogP contribution in [0.3, 0.4) is 0 Å². The summed E-state index contributed by atoms with van der Waals surface area (Å²) in [6.07, 6.45) is 1.41. The van der Waals surface area contributed by atoms with E-state index in [4.69, 9.17) is 16.7 Å². The number of carboxylic acid groups (broad SMARTS) is 1. The lowest BCUT2D eigenvalue weighted by Crippen LogP contribution is -2.27. The number of aromatic carboxylic acids is 1. The normalized spacial score (nSPS) is 18.7. The van der Waals surface area contributed by atoms with Crippen LogP contribution in [0.15, 0.2) is 23.1 Å². The predicted molar refractivity (Wildman–Crippen MR) is 70.3 cm³/mol. The molecule has 1 amide bonds. The molecule has 2 rings (SSSR count). The first-order valence-electron chi connectivity index (χ1n) is 5.51. The highest BCUT2D eigenvalue weighted by atomic mass is 35.5. The van der Waals surface area contributed by atoms with Crippen molar-refractivity contribution in [2.45, 2.75) is 23.8 Å². The van der Waals surface area contributed by atoms with Crippen LogP contribution in [0.2, 0.25) is 5.02 Å². The van der Waals surface area contributed by atoms with Crippen molar-refractivity contribution < 1.29 is 14.7 Å². The smallest absolute Gasteiger partial charge is 0.337 e. The van der Waals surface area contributed by atoms with E-state index in [1.807, 2.05) is 0 Å². The SMILES string of the molecule is O=C1CCC(CSc2ccc(Cl)c(C(=O)O)c2)N1. The zero-order chi connectivity index (χ0) is 13.1. The number of halogens is 1. The van der Waals surface area contributed by atoms with Crippen LogP contribution in [0.1, 0.15) is 23.2 Å². The number of benzene rings is 1. The number of nitrogens with one attached hydrogen (secondary N) is 1. The Bertz CT molecular complexity index is 492. The van der Waals surface area contributed by atoms with Gasteiger partial charge in [-0.05, 0) is 24.6 Å². The maximum atomic E-state index is 11.0. The lowest BCUT2D eigenvalue weighted by Gasteiger charge is -2.09. The van der Waals surface area contributed by atoms with Gasteiger partial charge in [0.15, 0.2) is 0 Å². The molecule has 1 aromatic carbocycles. The fourth-order valence-corrected chi connectivity index (χ4v) is 2.96. The molecule has 6 heteroatoms. The standard InChI is InChI=1S/C12H12ClNO3S/c13-10-3-2-8(5-9(10)12(16)17)18-6-7-1-4-11(15)14-7/h2-3,5,7H,1,4,6H2,(H,14,15)(H,16,17). The highest BCUT2D eigenvalue weighted by Gasteiger charge is 2.20. The number of carbonyl (C=O) groups is 2. The number of amides is 1. The Morgan fingerprint density at radius 2 is 2.33 bits per heavy atom. The summed E-state index contributed by atoms with van der Waals surface area (Å²) in [5.74, 6) is -0.202. The monoisotopic (exact) mass is 285 g/mol. The molecule has 1 saturated heterocycles. The molecule has 18 heavy (non-hydrogen) atoms. The Labute approximate surface area is 114 Å². The Morgan fingerprint density at radius 1 is 1.56 bits per heavy atom. The van der Waals surface area contributed by atoms with Crippen molar-refractivity contribution in [3.63, 3.8) is 0 Å². The number of hydrogen-bond acceptors (Lipinski definition) is 3. The first kappa shape index (κ1) is 13.2. The van der Waals surface area contributed by atoms with E-state index in [1.54, 1.807) is 18.2 Å². The van der Waals surface area contributed by atoms with Gasteiger partial charge in [0.25, 0.3) is 0 Å². The van der Waals surface area contributed by atoms with Crippen molar-refractivity contribution in [1.29, 1.82) is 0 Å². The summed E-state index contributed by atoms with van der Waals surface area (Å²) in [6.45, 7) is 0. The molecule has 1 unspecified atom stereocenters. The van der Waals surface area contributed by atoms with E-state index in [0.717, 1.165) is 17.1 Å². The molecule has 0 bridgehead atoms. The van der Waals surface area contributed by atoms with Crippen LogP contribution in [-0.2, 0) is 4.79 Å². The van der Waals surface area contributed by atoms with Gasteiger partial charge in [-0.2, -0.15) is 0 Å². The number of thioether (sulfide) groups is 1. The molecule has 96 valence electrons. The van der Waals surface area contributed by atoms with Crippen molar-refractivity contribution in [2.75, 3.05) is 5.75 Å². The van der Waals surface area contributed by atoms with Crippen LogP contribution in [0, 0.1) is 0 Å². The first-order valence-corrected chi connectivity index (χ1v) is 6.87. The summed E-state index contributed by atoms with van der Waals surface area (Å²) in [7, 11) is 0. The Balaban J connectivity index is 1.99. The molecule has 2 N–H and O–H groups in total. The van der Waals surface area contributed by atoms with Crippen molar-refractivity contribution in [3.8, 4) is 0 Å². The molecule has 0 aliphatic carbocycles. The Morgan fingerprint density at radius 3 is 2.94 bits per heavy atom. The van der Waals surface area contributed by atoms with Gasteiger partial charge in [-0.15, -0.1) is 11.8 Å². The van der Waals surface area contributed by atoms with Gasteiger partial charge >= 0.3 is 5.97 Å². The van der Waals surface area contributed by atoms with Gasteiger partial charge in [-0.3, -0.25) is 4.79 Å². The summed E-state index contributed by atoms with van der Waals surface area (Å²) in [4.78, 5) is 22.8. The minimum atomic E-state index is -1.03. The van der Waals surface area contributed by atoms with E-state index in [2.05, 4.69) is 5.32 Å². The molecule has 1 aromatic rings. The molecule has 4 nitrogen and oxygen atoms in total. The highest BCUT2D eigenvalue weighted by Crippen LogP contribution is 2.26. The van der Waals surface area contributed by atoms with Crippen molar-refractivity contribution in [1.82, 2.24) is 5.32 Å². The maximum absolute atomic E-state index is 11.0. The fourth-order valence-electron chi connectivity index (χ4n) is 1.76. The second-order valence-corrected chi connectivity index (χ2v) is 5.56. The van der Waals surface area contributed by atoms with Gasteiger partial charge in [-0.1, -0.05) is 11.6 Å². The lowest BCUT2D eigenvalue weighted by atomic mass is 10.2. The third kappa shape index (κ3) is 3.17. The van der Waals surface area contributed by atoms with E-state index in [-0.39, 0.29) is 22.5 Å². The van der Waals surface area contributed by atoms with Crippen LogP contribution in [0.25, 0.3) is 0 Å². The minimum absolute atomic E-state index is 0.0860. The molecule has 1 aliphatic heterocycles. The second-order valence-electron chi connectivity index (χ2n) is 4.06. The summed E-state index contributed by atoms with van der Waals surface area (Å²) >= 11 is 7.31. The number of rotatable bonds is 4. The first-order chi connectivity index (χ1) is 8.56. The number of carboxylic acids is 1. The van der Waals surface area contributed by atoms with Crippen LogP contribution < -0.4 is 5.32 Å². The van der Waals surface area contributed by atoms with E-state index in [9.17, 15) is 9.59 Å². The Hall–Kier alpha value is -1.20. The van der Waals surface area contributed by atoms with Gasteiger partial charge in [-0.25, -0.2) is 4.79 Å². The van der Waals surface area contributed by atoms with Crippen LogP contribution in [0.5, 0.6) is 0 Å². The highest BCUT2D eigenvalue weighted by molar-refractivity contribution is 7.99. The van der Waals surface area contributed by atoms with Crippen molar-refractivity contribution in [3.05, 3.63) is 28.8 Å². The number of hydrogen-bond donors (Lipinski definition) is 2. The second kappa shape index (κ2) is 5.63. The molecule has 1 aliphatic rings. The predicted octanol–water partition coefficient (Wildman–Crippen LogP) is 2.41.